The largest absolute Gasteiger partial charge is 0.464 e. The van der Waals surface area contributed by atoms with E-state index in [9.17, 15) is 0 Å². The van der Waals surface area contributed by atoms with E-state index >= 15 is 0 Å². The molecule has 2 heterocycles. The lowest BCUT2D eigenvalue weighted by Crippen LogP contribution is -2.05. The molecule has 0 fully saturated rings. The summed E-state index contributed by atoms with van der Waals surface area (Å²) < 4.78 is 11.1. The predicted molar refractivity (Wildman–Crippen MR) is 74.2 cm³/mol. The fraction of sp³-hybridized carbons (Fsp3) is 0.267. The first kappa shape index (κ1) is 11.8. The number of nitrogens with zero attached hydrogens (tertiary/aromatic N) is 1. The summed E-state index contributed by atoms with van der Waals surface area (Å²) in [6, 6.07) is 9.97. The second-order valence-corrected chi connectivity index (χ2v) is 4.73. The van der Waals surface area contributed by atoms with Gasteiger partial charge < -0.3 is 14.2 Å². The number of aromatic nitrogens is 1. The van der Waals surface area contributed by atoms with Crippen LogP contribution in [0.4, 0.5) is 5.69 Å². The summed E-state index contributed by atoms with van der Waals surface area (Å²) >= 11 is 0. The van der Waals surface area contributed by atoms with Gasteiger partial charge in [0.15, 0.2) is 11.5 Å². The quantitative estimate of drug-likeness (QED) is 0.762. The molecule has 0 amide bonds. The molecule has 19 heavy (non-hydrogen) atoms. The Morgan fingerprint density at radius 2 is 1.95 bits per heavy atom. The van der Waals surface area contributed by atoms with Crippen LogP contribution in [0.1, 0.15) is 30.4 Å². The molecule has 3 aromatic rings. The van der Waals surface area contributed by atoms with Crippen LogP contribution in [-0.2, 0) is 0 Å². The number of furan rings is 1. The van der Waals surface area contributed by atoms with Gasteiger partial charge in [-0.2, -0.15) is 0 Å². The molecule has 4 heteroatoms. The van der Waals surface area contributed by atoms with Gasteiger partial charge in [-0.05, 0) is 44.2 Å². The number of benzene rings is 1. The Morgan fingerprint density at radius 3 is 2.68 bits per heavy atom. The Kier molecular flexibility index (Phi) is 2.78. The Labute approximate surface area is 111 Å². The molecule has 0 radical (unpaired) electrons. The topological polar surface area (TPSA) is 51.2 Å². The highest BCUT2D eigenvalue weighted by Gasteiger charge is 2.10. The summed E-state index contributed by atoms with van der Waals surface area (Å²) in [6.45, 7) is 5.86. The molecule has 3 rings (SSSR count). The van der Waals surface area contributed by atoms with Gasteiger partial charge in [0.1, 0.15) is 17.0 Å². The molecule has 0 aliphatic heterocycles. The van der Waals surface area contributed by atoms with Crippen molar-refractivity contribution in [3.05, 3.63) is 47.7 Å². The maximum atomic E-state index is 5.61. The van der Waals surface area contributed by atoms with Crippen LogP contribution in [0.15, 0.2) is 39.2 Å². The van der Waals surface area contributed by atoms with Crippen LogP contribution < -0.4 is 5.32 Å². The van der Waals surface area contributed by atoms with Gasteiger partial charge in [0.25, 0.3) is 0 Å². The van der Waals surface area contributed by atoms with Crippen LogP contribution in [0.5, 0.6) is 0 Å². The summed E-state index contributed by atoms with van der Waals surface area (Å²) in [5, 5.41) is 3.40. The number of aryl methyl sites for hydroxylation is 2. The van der Waals surface area contributed by atoms with Crippen molar-refractivity contribution in [3.8, 4) is 0 Å². The third-order valence-electron chi connectivity index (χ3n) is 3.07. The Morgan fingerprint density at radius 1 is 1.11 bits per heavy atom. The molecule has 1 N–H and O–H groups in total. The maximum absolute atomic E-state index is 5.61. The van der Waals surface area contributed by atoms with Crippen molar-refractivity contribution in [2.45, 2.75) is 26.8 Å². The van der Waals surface area contributed by atoms with Gasteiger partial charge in [-0.25, -0.2) is 4.98 Å². The van der Waals surface area contributed by atoms with Gasteiger partial charge in [-0.15, -0.1) is 0 Å². The van der Waals surface area contributed by atoms with E-state index in [0.717, 1.165) is 28.3 Å². The lowest BCUT2D eigenvalue weighted by Gasteiger charge is -2.12. The number of rotatable bonds is 3. The number of oxazole rings is 1. The normalized spacial score (nSPS) is 12.8. The fourth-order valence-corrected chi connectivity index (χ4v) is 2.14. The van der Waals surface area contributed by atoms with E-state index in [2.05, 4.69) is 17.2 Å². The van der Waals surface area contributed by atoms with Gasteiger partial charge in [-0.1, -0.05) is 0 Å². The molecule has 2 aromatic heterocycles. The second kappa shape index (κ2) is 4.46. The third-order valence-corrected chi connectivity index (χ3v) is 3.07. The van der Waals surface area contributed by atoms with Crippen molar-refractivity contribution in [2.24, 2.45) is 0 Å². The highest BCUT2D eigenvalue weighted by molar-refractivity contribution is 5.77. The SMILES string of the molecule is Cc1ccc(C(C)Nc2ccc3oc(C)nc3c2)o1. The average molecular weight is 256 g/mol. The van der Waals surface area contributed by atoms with E-state index in [1.807, 2.05) is 44.2 Å². The Bertz CT molecular complexity index is 712. The van der Waals surface area contributed by atoms with E-state index in [1.54, 1.807) is 0 Å². The summed E-state index contributed by atoms with van der Waals surface area (Å²) in [7, 11) is 0. The zero-order chi connectivity index (χ0) is 13.4. The van der Waals surface area contributed by atoms with E-state index in [4.69, 9.17) is 8.83 Å². The molecule has 0 aliphatic carbocycles. The molecule has 0 bridgehead atoms. The highest BCUT2D eigenvalue weighted by atomic mass is 16.3. The number of hydrogen-bond acceptors (Lipinski definition) is 4. The van der Waals surface area contributed by atoms with E-state index in [0.29, 0.717) is 5.89 Å². The van der Waals surface area contributed by atoms with Crippen LogP contribution in [0.2, 0.25) is 0 Å². The fourth-order valence-electron chi connectivity index (χ4n) is 2.14. The van der Waals surface area contributed by atoms with Crippen molar-refractivity contribution in [1.29, 1.82) is 0 Å². The molecular weight excluding hydrogens is 240 g/mol. The van der Waals surface area contributed by atoms with Gasteiger partial charge >= 0.3 is 0 Å². The third kappa shape index (κ3) is 2.34. The minimum Gasteiger partial charge on any atom is -0.464 e. The highest BCUT2D eigenvalue weighted by Crippen LogP contribution is 2.24. The molecule has 98 valence electrons. The van der Waals surface area contributed by atoms with Gasteiger partial charge in [0.05, 0.1) is 6.04 Å². The minimum atomic E-state index is 0.110. The van der Waals surface area contributed by atoms with Crippen molar-refractivity contribution >= 4 is 16.8 Å². The molecule has 0 saturated heterocycles. The van der Waals surface area contributed by atoms with Crippen LogP contribution in [0.25, 0.3) is 11.1 Å². The zero-order valence-electron chi connectivity index (χ0n) is 11.2. The summed E-state index contributed by atoms with van der Waals surface area (Å²) in [6.07, 6.45) is 0. The lowest BCUT2D eigenvalue weighted by atomic mass is 10.2. The Balaban J connectivity index is 1.84. The molecule has 4 nitrogen and oxygen atoms in total. The molecule has 0 spiro atoms. The molecular formula is C15H16N2O2. The average Bonchev–Trinajstić information content (AvgIpc) is 2.93. The molecule has 1 aromatic carbocycles. The van der Waals surface area contributed by atoms with E-state index in [1.165, 1.54) is 0 Å². The van der Waals surface area contributed by atoms with E-state index < -0.39 is 0 Å². The summed E-state index contributed by atoms with van der Waals surface area (Å²) in [5.74, 6) is 2.53. The number of anilines is 1. The van der Waals surface area contributed by atoms with Gasteiger partial charge in [0.2, 0.25) is 0 Å². The standard InChI is InChI=1S/C15H16N2O2/c1-9-4-6-14(18-9)10(2)16-12-5-7-15-13(8-12)17-11(3)19-15/h4-8,10,16H,1-3H3. The smallest absolute Gasteiger partial charge is 0.192 e. The second-order valence-electron chi connectivity index (χ2n) is 4.73. The van der Waals surface area contributed by atoms with E-state index in [-0.39, 0.29) is 6.04 Å². The maximum Gasteiger partial charge on any atom is 0.192 e. The van der Waals surface area contributed by atoms with Crippen LogP contribution >= 0.6 is 0 Å². The summed E-state index contributed by atoms with van der Waals surface area (Å²) in [4.78, 5) is 4.33. The van der Waals surface area contributed by atoms with Crippen molar-refractivity contribution in [1.82, 2.24) is 4.98 Å². The summed E-state index contributed by atoms with van der Waals surface area (Å²) in [5.41, 5.74) is 2.68. The first-order chi connectivity index (χ1) is 9.11. The van der Waals surface area contributed by atoms with Crippen molar-refractivity contribution in [2.75, 3.05) is 5.32 Å². The van der Waals surface area contributed by atoms with Gasteiger partial charge in [0, 0.05) is 12.6 Å². The molecule has 1 atom stereocenters. The minimum absolute atomic E-state index is 0.110. The van der Waals surface area contributed by atoms with Gasteiger partial charge in [-0.3, -0.25) is 0 Å². The van der Waals surface area contributed by atoms with Crippen molar-refractivity contribution in [3.63, 3.8) is 0 Å². The molecule has 0 saturated carbocycles. The first-order valence-corrected chi connectivity index (χ1v) is 6.32. The van der Waals surface area contributed by atoms with Crippen molar-refractivity contribution < 1.29 is 8.83 Å². The lowest BCUT2D eigenvalue weighted by molar-refractivity contribution is 0.467. The zero-order valence-corrected chi connectivity index (χ0v) is 11.2. The Hall–Kier alpha value is -2.23. The molecule has 1 unspecified atom stereocenters. The van der Waals surface area contributed by atoms with Crippen LogP contribution in [0.3, 0.4) is 0 Å². The van der Waals surface area contributed by atoms with Crippen LogP contribution in [0, 0.1) is 13.8 Å². The monoisotopic (exact) mass is 256 g/mol. The number of fused-ring (bicyclic) bond motifs is 1. The number of nitrogens with one attached hydrogen (secondary N) is 1. The number of hydrogen-bond donors (Lipinski definition) is 1. The first-order valence-electron chi connectivity index (χ1n) is 6.32. The van der Waals surface area contributed by atoms with Crippen LogP contribution in [-0.4, -0.2) is 4.98 Å². The predicted octanol–water partition coefficient (Wildman–Crippen LogP) is 4.21. The molecule has 0 aliphatic rings.